The van der Waals surface area contributed by atoms with Crippen LogP contribution in [0.3, 0.4) is 0 Å². The molecule has 0 aliphatic heterocycles. The maximum absolute atomic E-state index is 12.3. The Bertz CT molecular complexity index is 786. The van der Waals surface area contributed by atoms with E-state index in [1.165, 1.54) is 11.3 Å². The number of ketones is 1. The van der Waals surface area contributed by atoms with E-state index < -0.39 is 0 Å². The molecule has 0 atom stereocenters. The van der Waals surface area contributed by atoms with Gasteiger partial charge in [-0.3, -0.25) is 4.79 Å². The Hall–Kier alpha value is -2.18. The van der Waals surface area contributed by atoms with Crippen LogP contribution in [-0.4, -0.2) is 22.2 Å². The van der Waals surface area contributed by atoms with Crippen molar-refractivity contribution in [1.82, 2.24) is 10.2 Å². The number of nitrogens with zero attached hydrogens (tertiary/aromatic N) is 2. The highest BCUT2D eigenvalue weighted by Crippen LogP contribution is 2.21. The van der Waals surface area contributed by atoms with Crippen LogP contribution in [0.25, 0.3) is 0 Å². The Balaban J connectivity index is 1.64. The highest BCUT2D eigenvalue weighted by Gasteiger charge is 2.09. The summed E-state index contributed by atoms with van der Waals surface area (Å²) in [4.78, 5) is 12.3. The number of rotatable bonds is 6. The maximum Gasteiger partial charge on any atom is 0.193 e. The van der Waals surface area contributed by atoms with Crippen molar-refractivity contribution in [2.75, 3.05) is 6.26 Å². The molecule has 2 aromatic carbocycles. The molecule has 3 aromatic rings. The van der Waals surface area contributed by atoms with Gasteiger partial charge in [-0.15, -0.1) is 10.2 Å². The molecule has 0 radical (unpaired) electrons. The molecule has 0 amide bonds. The summed E-state index contributed by atoms with van der Waals surface area (Å²) >= 11 is 3.09. The van der Waals surface area contributed by atoms with Gasteiger partial charge in [-0.05, 0) is 30.5 Å². The summed E-state index contributed by atoms with van der Waals surface area (Å²) < 4.78 is 6.60. The smallest absolute Gasteiger partial charge is 0.193 e. The molecule has 6 heteroatoms. The van der Waals surface area contributed by atoms with Gasteiger partial charge in [0, 0.05) is 11.1 Å². The summed E-state index contributed by atoms with van der Waals surface area (Å²) in [7, 11) is 0. The van der Waals surface area contributed by atoms with E-state index in [1.54, 1.807) is 36.0 Å². The molecule has 0 N–H and O–H groups in total. The van der Waals surface area contributed by atoms with Crippen molar-refractivity contribution in [3.63, 3.8) is 0 Å². The van der Waals surface area contributed by atoms with Crippen molar-refractivity contribution in [1.29, 1.82) is 0 Å². The average Bonchev–Trinajstić information content (AvgIpc) is 3.09. The summed E-state index contributed by atoms with van der Waals surface area (Å²) in [6, 6.07) is 16.4. The molecule has 0 aliphatic rings. The Morgan fingerprint density at radius 1 is 1.04 bits per heavy atom. The van der Waals surface area contributed by atoms with E-state index >= 15 is 0 Å². The predicted octanol–water partition coefficient (Wildman–Crippen LogP) is 4.07. The zero-order valence-corrected chi connectivity index (χ0v) is 14.1. The second-order valence-electron chi connectivity index (χ2n) is 4.67. The lowest BCUT2D eigenvalue weighted by atomic mass is 10.0. The van der Waals surface area contributed by atoms with Crippen LogP contribution >= 0.6 is 23.1 Å². The summed E-state index contributed by atoms with van der Waals surface area (Å²) in [6.45, 7) is 0.379. The van der Waals surface area contributed by atoms with Gasteiger partial charge in [-0.25, -0.2) is 0 Å². The van der Waals surface area contributed by atoms with E-state index in [0.29, 0.717) is 23.5 Å². The lowest BCUT2D eigenvalue weighted by Gasteiger charge is -2.05. The first-order chi connectivity index (χ1) is 11.3. The Morgan fingerprint density at radius 3 is 2.39 bits per heavy atom. The molecular formula is C17H14N2O2S2. The van der Waals surface area contributed by atoms with E-state index in [4.69, 9.17) is 4.74 Å². The summed E-state index contributed by atoms with van der Waals surface area (Å²) in [5.74, 6) is 0.710. The fourth-order valence-corrected chi connectivity index (χ4v) is 3.21. The molecule has 0 unspecified atom stereocenters. The number of carbonyl (C=O) groups is 1. The maximum atomic E-state index is 12.3. The molecule has 0 fully saturated rings. The second kappa shape index (κ2) is 7.39. The first-order valence-electron chi connectivity index (χ1n) is 6.95. The van der Waals surface area contributed by atoms with Crippen molar-refractivity contribution in [3.05, 3.63) is 70.7 Å². The number of hydrogen-bond acceptors (Lipinski definition) is 6. The van der Waals surface area contributed by atoms with Gasteiger partial charge < -0.3 is 4.74 Å². The highest BCUT2D eigenvalue weighted by molar-refractivity contribution is 8.00. The van der Waals surface area contributed by atoms with Crippen LogP contribution in [0.2, 0.25) is 0 Å². The first-order valence-corrected chi connectivity index (χ1v) is 8.99. The quantitative estimate of drug-likeness (QED) is 0.499. The monoisotopic (exact) mass is 342 g/mol. The molecule has 23 heavy (non-hydrogen) atoms. The van der Waals surface area contributed by atoms with Gasteiger partial charge in [0.05, 0.1) is 0 Å². The third kappa shape index (κ3) is 3.97. The minimum absolute atomic E-state index is 0.00545. The fourth-order valence-electron chi connectivity index (χ4n) is 1.98. The molecule has 1 heterocycles. The number of benzene rings is 2. The van der Waals surface area contributed by atoms with Gasteiger partial charge >= 0.3 is 0 Å². The number of thioether (sulfide) groups is 1. The molecule has 4 nitrogen and oxygen atoms in total. The Kier molecular flexibility index (Phi) is 5.05. The SMILES string of the molecule is CSc1nnc(COc2ccc(C(=O)c3ccccc3)cc2)s1. The van der Waals surface area contributed by atoms with Crippen LogP contribution in [0.15, 0.2) is 58.9 Å². The van der Waals surface area contributed by atoms with E-state index in [-0.39, 0.29) is 5.78 Å². The van der Waals surface area contributed by atoms with E-state index in [1.807, 2.05) is 36.6 Å². The third-order valence-electron chi connectivity index (χ3n) is 3.14. The number of carbonyl (C=O) groups excluding carboxylic acids is 1. The lowest BCUT2D eigenvalue weighted by Crippen LogP contribution is -2.01. The normalized spacial score (nSPS) is 10.5. The van der Waals surface area contributed by atoms with Crippen LogP contribution in [0.1, 0.15) is 20.9 Å². The number of ether oxygens (including phenoxy) is 1. The van der Waals surface area contributed by atoms with Crippen LogP contribution in [0.4, 0.5) is 0 Å². The molecule has 0 bridgehead atoms. The molecule has 3 rings (SSSR count). The van der Waals surface area contributed by atoms with Gasteiger partial charge in [-0.2, -0.15) is 0 Å². The van der Waals surface area contributed by atoms with Crippen molar-refractivity contribution < 1.29 is 9.53 Å². The van der Waals surface area contributed by atoms with Crippen molar-refractivity contribution in [2.24, 2.45) is 0 Å². The zero-order chi connectivity index (χ0) is 16.1. The third-order valence-corrected chi connectivity index (χ3v) is 5.01. The van der Waals surface area contributed by atoms with Crippen LogP contribution in [0.5, 0.6) is 5.75 Å². The van der Waals surface area contributed by atoms with Crippen molar-refractivity contribution in [3.8, 4) is 5.75 Å². The van der Waals surface area contributed by atoms with Crippen LogP contribution in [-0.2, 0) is 6.61 Å². The minimum Gasteiger partial charge on any atom is -0.486 e. The number of hydrogen-bond donors (Lipinski definition) is 0. The molecular weight excluding hydrogens is 328 g/mol. The van der Waals surface area contributed by atoms with Crippen molar-refractivity contribution in [2.45, 2.75) is 10.9 Å². The molecule has 116 valence electrons. The summed E-state index contributed by atoms with van der Waals surface area (Å²) in [6.07, 6.45) is 1.97. The number of aromatic nitrogens is 2. The first kappa shape index (κ1) is 15.7. The predicted molar refractivity (Wildman–Crippen MR) is 92.3 cm³/mol. The molecule has 1 aromatic heterocycles. The van der Waals surface area contributed by atoms with E-state index in [9.17, 15) is 4.79 Å². The average molecular weight is 342 g/mol. The molecule has 0 aliphatic carbocycles. The Morgan fingerprint density at radius 2 is 1.74 bits per heavy atom. The fraction of sp³-hybridized carbons (Fsp3) is 0.118. The molecule has 0 saturated heterocycles. The zero-order valence-electron chi connectivity index (χ0n) is 12.4. The topological polar surface area (TPSA) is 52.1 Å². The van der Waals surface area contributed by atoms with Crippen LogP contribution in [0, 0.1) is 0 Å². The van der Waals surface area contributed by atoms with E-state index in [2.05, 4.69) is 10.2 Å². The summed E-state index contributed by atoms with van der Waals surface area (Å²) in [5, 5.41) is 8.91. The van der Waals surface area contributed by atoms with Gasteiger partial charge in [0.25, 0.3) is 0 Å². The highest BCUT2D eigenvalue weighted by atomic mass is 32.2. The van der Waals surface area contributed by atoms with Gasteiger partial charge in [-0.1, -0.05) is 53.4 Å². The second-order valence-corrected chi connectivity index (χ2v) is 6.79. The Labute approximate surface area is 142 Å². The standard InChI is InChI=1S/C17H14N2O2S2/c1-22-17-19-18-15(23-17)11-21-14-9-7-13(8-10-14)16(20)12-5-3-2-4-6-12/h2-10H,11H2,1H3. The molecule has 0 spiro atoms. The largest absolute Gasteiger partial charge is 0.486 e. The van der Waals surface area contributed by atoms with Gasteiger partial charge in [0.1, 0.15) is 12.4 Å². The minimum atomic E-state index is 0.00545. The molecule has 0 saturated carbocycles. The lowest BCUT2D eigenvalue weighted by molar-refractivity contribution is 0.103. The van der Waals surface area contributed by atoms with Crippen molar-refractivity contribution >= 4 is 28.9 Å². The van der Waals surface area contributed by atoms with Gasteiger partial charge in [0.15, 0.2) is 15.1 Å². The van der Waals surface area contributed by atoms with Crippen LogP contribution < -0.4 is 4.74 Å². The van der Waals surface area contributed by atoms with E-state index in [0.717, 1.165) is 9.35 Å². The van der Waals surface area contributed by atoms with Gasteiger partial charge in [0.2, 0.25) is 0 Å². The summed E-state index contributed by atoms with van der Waals surface area (Å²) in [5.41, 5.74) is 1.32.